The Hall–Kier alpha value is -2.34. The maximum absolute atomic E-state index is 13.4. The van der Waals surface area contributed by atoms with E-state index in [-0.39, 0.29) is 18.3 Å². The Balaban J connectivity index is 1.32. The third-order valence-corrected chi connectivity index (χ3v) is 4.45. The highest BCUT2D eigenvalue weighted by atomic mass is 19.1. The van der Waals surface area contributed by atoms with Gasteiger partial charge in [0.05, 0.1) is 12.8 Å². The van der Waals surface area contributed by atoms with Crippen LogP contribution in [0.3, 0.4) is 0 Å². The van der Waals surface area contributed by atoms with Crippen LogP contribution >= 0.6 is 0 Å². The molecule has 6 heteroatoms. The van der Waals surface area contributed by atoms with Gasteiger partial charge >= 0.3 is 0 Å². The summed E-state index contributed by atoms with van der Waals surface area (Å²) in [4.78, 5) is 14.2. The lowest BCUT2D eigenvalue weighted by Crippen LogP contribution is -2.39. The van der Waals surface area contributed by atoms with E-state index < -0.39 is 5.82 Å². The SMILES string of the molecule is O=C(COc1ccccc1F)NCC1CCN(Cc2ccco2)CC1. The number of nitrogens with zero attached hydrogens (tertiary/aromatic N) is 1. The molecule has 0 radical (unpaired) electrons. The Morgan fingerprint density at radius 3 is 2.76 bits per heavy atom. The molecule has 1 N–H and O–H groups in total. The first-order valence-corrected chi connectivity index (χ1v) is 8.59. The number of para-hydroxylation sites is 1. The molecule has 1 aromatic heterocycles. The van der Waals surface area contributed by atoms with Crippen molar-refractivity contribution in [3.63, 3.8) is 0 Å². The summed E-state index contributed by atoms with van der Waals surface area (Å²) < 4.78 is 24.0. The number of likely N-dealkylation sites (tertiary alicyclic amines) is 1. The van der Waals surface area contributed by atoms with Crippen molar-refractivity contribution in [3.8, 4) is 5.75 Å². The smallest absolute Gasteiger partial charge is 0.257 e. The molecule has 1 aliphatic rings. The summed E-state index contributed by atoms with van der Waals surface area (Å²) in [6.07, 6.45) is 3.77. The topological polar surface area (TPSA) is 54.7 Å². The van der Waals surface area contributed by atoms with Crippen LogP contribution in [-0.4, -0.2) is 37.0 Å². The Bertz CT molecular complexity index is 667. The minimum Gasteiger partial charge on any atom is -0.481 e. The van der Waals surface area contributed by atoms with Gasteiger partial charge in [0.2, 0.25) is 0 Å². The van der Waals surface area contributed by atoms with E-state index in [0.717, 1.165) is 38.2 Å². The Morgan fingerprint density at radius 2 is 2.04 bits per heavy atom. The van der Waals surface area contributed by atoms with Gasteiger partial charge in [0.15, 0.2) is 18.2 Å². The Kier molecular flexibility index (Phi) is 6.06. The fraction of sp³-hybridized carbons (Fsp3) is 0.421. The summed E-state index contributed by atoms with van der Waals surface area (Å²) in [6.45, 7) is 3.29. The summed E-state index contributed by atoms with van der Waals surface area (Å²) in [5.74, 6) is 0.867. The molecule has 0 unspecified atom stereocenters. The number of benzene rings is 1. The van der Waals surface area contributed by atoms with E-state index in [4.69, 9.17) is 9.15 Å². The molecule has 0 bridgehead atoms. The quantitative estimate of drug-likeness (QED) is 0.838. The van der Waals surface area contributed by atoms with Gasteiger partial charge in [0.1, 0.15) is 5.76 Å². The van der Waals surface area contributed by atoms with E-state index >= 15 is 0 Å². The molecule has 0 aliphatic carbocycles. The van der Waals surface area contributed by atoms with E-state index in [1.807, 2.05) is 12.1 Å². The average Bonchev–Trinajstić information content (AvgIpc) is 3.13. The summed E-state index contributed by atoms with van der Waals surface area (Å²) in [7, 11) is 0. The predicted molar refractivity (Wildman–Crippen MR) is 91.6 cm³/mol. The summed E-state index contributed by atoms with van der Waals surface area (Å²) in [5, 5.41) is 2.88. The highest BCUT2D eigenvalue weighted by molar-refractivity contribution is 5.77. The van der Waals surface area contributed by atoms with E-state index in [1.54, 1.807) is 18.4 Å². The van der Waals surface area contributed by atoms with Crippen molar-refractivity contribution < 1.29 is 18.3 Å². The molecular weight excluding hydrogens is 323 g/mol. The number of amides is 1. The maximum atomic E-state index is 13.4. The highest BCUT2D eigenvalue weighted by Crippen LogP contribution is 2.19. The van der Waals surface area contributed by atoms with Crippen molar-refractivity contribution in [1.29, 1.82) is 0 Å². The average molecular weight is 346 g/mol. The van der Waals surface area contributed by atoms with E-state index in [9.17, 15) is 9.18 Å². The van der Waals surface area contributed by atoms with Crippen molar-refractivity contribution in [3.05, 3.63) is 54.2 Å². The number of carbonyl (C=O) groups is 1. The van der Waals surface area contributed by atoms with Crippen LogP contribution in [0.2, 0.25) is 0 Å². The minimum atomic E-state index is -0.459. The lowest BCUT2D eigenvalue weighted by atomic mass is 9.96. The van der Waals surface area contributed by atoms with E-state index in [1.165, 1.54) is 12.1 Å². The van der Waals surface area contributed by atoms with Crippen molar-refractivity contribution in [2.24, 2.45) is 5.92 Å². The molecule has 3 rings (SSSR count). The van der Waals surface area contributed by atoms with Crippen LogP contribution < -0.4 is 10.1 Å². The van der Waals surface area contributed by atoms with Crippen LogP contribution in [-0.2, 0) is 11.3 Å². The first-order chi connectivity index (χ1) is 12.2. The van der Waals surface area contributed by atoms with Crippen molar-refractivity contribution in [1.82, 2.24) is 10.2 Å². The van der Waals surface area contributed by atoms with E-state index in [0.29, 0.717) is 12.5 Å². The van der Waals surface area contributed by atoms with Gasteiger partial charge in [-0.3, -0.25) is 9.69 Å². The normalized spacial score (nSPS) is 15.9. The molecule has 134 valence electrons. The second kappa shape index (κ2) is 8.67. The van der Waals surface area contributed by atoms with Gasteiger partial charge in [-0.1, -0.05) is 12.1 Å². The molecule has 1 amide bonds. The molecule has 0 saturated carbocycles. The van der Waals surface area contributed by atoms with Crippen LogP contribution in [0.25, 0.3) is 0 Å². The Labute approximate surface area is 146 Å². The second-order valence-electron chi connectivity index (χ2n) is 6.32. The number of rotatable bonds is 7. The number of nitrogens with one attached hydrogen (secondary N) is 1. The van der Waals surface area contributed by atoms with Crippen molar-refractivity contribution in [2.75, 3.05) is 26.2 Å². The molecule has 1 saturated heterocycles. The molecule has 0 spiro atoms. The molecule has 2 aromatic rings. The number of ether oxygens (including phenoxy) is 1. The highest BCUT2D eigenvalue weighted by Gasteiger charge is 2.20. The zero-order chi connectivity index (χ0) is 17.5. The van der Waals surface area contributed by atoms with Crippen LogP contribution in [0.5, 0.6) is 5.75 Å². The lowest BCUT2D eigenvalue weighted by Gasteiger charge is -2.31. The summed E-state index contributed by atoms with van der Waals surface area (Å²) in [6, 6.07) is 9.97. The number of hydrogen-bond donors (Lipinski definition) is 1. The molecule has 5 nitrogen and oxygen atoms in total. The third-order valence-electron chi connectivity index (χ3n) is 4.45. The fourth-order valence-electron chi connectivity index (χ4n) is 2.99. The summed E-state index contributed by atoms with van der Waals surface area (Å²) >= 11 is 0. The van der Waals surface area contributed by atoms with Crippen LogP contribution in [0.1, 0.15) is 18.6 Å². The monoisotopic (exact) mass is 346 g/mol. The van der Waals surface area contributed by atoms with Crippen LogP contribution in [0.15, 0.2) is 47.1 Å². The van der Waals surface area contributed by atoms with E-state index in [2.05, 4.69) is 10.2 Å². The first kappa shape index (κ1) is 17.5. The second-order valence-corrected chi connectivity index (χ2v) is 6.32. The molecular formula is C19H23FN2O3. The van der Waals surface area contributed by atoms with Gasteiger partial charge in [-0.15, -0.1) is 0 Å². The van der Waals surface area contributed by atoms with Gasteiger partial charge < -0.3 is 14.5 Å². The molecule has 1 aromatic carbocycles. The minimum absolute atomic E-state index is 0.101. The molecule has 25 heavy (non-hydrogen) atoms. The van der Waals surface area contributed by atoms with Gasteiger partial charge in [0.25, 0.3) is 5.91 Å². The third kappa shape index (κ3) is 5.32. The molecule has 2 heterocycles. The van der Waals surface area contributed by atoms with Crippen LogP contribution in [0.4, 0.5) is 4.39 Å². The Morgan fingerprint density at radius 1 is 1.24 bits per heavy atom. The van der Waals surface area contributed by atoms with Gasteiger partial charge in [-0.2, -0.15) is 0 Å². The molecule has 1 fully saturated rings. The number of carbonyl (C=O) groups excluding carboxylic acids is 1. The first-order valence-electron chi connectivity index (χ1n) is 8.59. The zero-order valence-corrected chi connectivity index (χ0v) is 14.1. The van der Waals surface area contributed by atoms with Crippen LogP contribution in [0, 0.1) is 11.7 Å². The van der Waals surface area contributed by atoms with Crippen molar-refractivity contribution in [2.45, 2.75) is 19.4 Å². The van der Waals surface area contributed by atoms with Gasteiger partial charge in [-0.25, -0.2) is 4.39 Å². The largest absolute Gasteiger partial charge is 0.481 e. The maximum Gasteiger partial charge on any atom is 0.257 e. The number of piperidine rings is 1. The number of halogens is 1. The molecule has 1 aliphatic heterocycles. The van der Waals surface area contributed by atoms with Gasteiger partial charge in [-0.05, 0) is 56.1 Å². The standard InChI is InChI=1S/C19H23FN2O3/c20-17-5-1-2-6-18(17)25-14-19(23)21-12-15-7-9-22(10-8-15)13-16-4-3-11-24-16/h1-6,11,15H,7-10,12-14H2,(H,21,23). The fourth-order valence-corrected chi connectivity index (χ4v) is 2.99. The number of furan rings is 1. The van der Waals surface area contributed by atoms with Crippen molar-refractivity contribution >= 4 is 5.91 Å². The summed E-state index contributed by atoms with van der Waals surface area (Å²) in [5.41, 5.74) is 0. The zero-order valence-electron chi connectivity index (χ0n) is 14.1. The predicted octanol–water partition coefficient (Wildman–Crippen LogP) is 2.83. The number of hydrogen-bond acceptors (Lipinski definition) is 4. The molecule has 0 atom stereocenters. The lowest BCUT2D eigenvalue weighted by molar-refractivity contribution is -0.123. The van der Waals surface area contributed by atoms with Gasteiger partial charge in [0, 0.05) is 6.54 Å².